The van der Waals surface area contributed by atoms with Crippen LogP contribution in [-0.2, 0) is 0 Å². The summed E-state index contributed by atoms with van der Waals surface area (Å²) in [6, 6.07) is 0.883. The number of rotatable bonds is 3. The summed E-state index contributed by atoms with van der Waals surface area (Å²) in [4.78, 5) is 0. The molecule has 0 aromatic heterocycles. The maximum atomic E-state index is 3.57. The zero-order valence-electron chi connectivity index (χ0n) is 6.73. The van der Waals surface area contributed by atoms with Gasteiger partial charge in [0.05, 0.1) is 0 Å². The van der Waals surface area contributed by atoms with Crippen molar-refractivity contribution >= 4 is 15.0 Å². The molecule has 0 radical (unpaired) electrons. The van der Waals surface area contributed by atoms with Gasteiger partial charge in [-0.3, -0.25) is 0 Å². The quantitative estimate of drug-likeness (QED) is 0.693. The summed E-state index contributed by atoms with van der Waals surface area (Å²) in [5.74, 6) is 0. The molecule has 1 atom stereocenters. The first-order valence-corrected chi connectivity index (χ1v) is 6.67. The molecular weight excluding hydrogens is 189 g/mol. The summed E-state index contributed by atoms with van der Waals surface area (Å²) < 4.78 is 0. The molecule has 0 spiro atoms. The van der Waals surface area contributed by atoms with Crippen molar-refractivity contribution in [2.24, 2.45) is 0 Å². The SMILES string of the molecule is CCCCC1C[Se]CCN1. The van der Waals surface area contributed by atoms with Gasteiger partial charge in [-0.2, -0.15) is 0 Å². The molecule has 1 nitrogen and oxygen atoms in total. The van der Waals surface area contributed by atoms with Gasteiger partial charge in [0.15, 0.2) is 0 Å². The van der Waals surface area contributed by atoms with Crippen molar-refractivity contribution in [1.82, 2.24) is 5.32 Å². The van der Waals surface area contributed by atoms with Gasteiger partial charge >= 0.3 is 69.7 Å². The Morgan fingerprint density at radius 3 is 3.10 bits per heavy atom. The van der Waals surface area contributed by atoms with Crippen molar-refractivity contribution in [1.29, 1.82) is 0 Å². The second-order valence-electron chi connectivity index (χ2n) is 2.87. The van der Waals surface area contributed by atoms with Crippen LogP contribution in [-0.4, -0.2) is 27.5 Å². The van der Waals surface area contributed by atoms with E-state index in [1.165, 1.54) is 36.4 Å². The average Bonchev–Trinajstić information content (AvgIpc) is 2.03. The Hall–Kier alpha value is 0.479. The summed E-state index contributed by atoms with van der Waals surface area (Å²) in [5.41, 5.74) is 0. The molecule has 1 aliphatic heterocycles. The van der Waals surface area contributed by atoms with Crippen LogP contribution >= 0.6 is 0 Å². The minimum absolute atomic E-state index is 0.883. The molecule has 2 heteroatoms. The van der Waals surface area contributed by atoms with Gasteiger partial charge in [-0.25, -0.2) is 0 Å². The van der Waals surface area contributed by atoms with Gasteiger partial charge in [0.2, 0.25) is 0 Å². The molecule has 0 aliphatic carbocycles. The third kappa shape index (κ3) is 3.05. The fraction of sp³-hybridized carbons (Fsp3) is 1.00. The van der Waals surface area contributed by atoms with Crippen molar-refractivity contribution in [3.8, 4) is 0 Å². The monoisotopic (exact) mass is 207 g/mol. The minimum atomic E-state index is 0.883. The van der Waals surface area contributed by atoms with Gasteiger partial charge in [-0.05, 0) is 0 Å². The average molecular weight is 206 g/mol. The molecule has 1 rings (SSSR count). The van der Waals surface area contributed by atoms with Crippen LogP contribution in [0.1, 0.15) is 26.2 Å². The topological polar surface area (TPSA) is 12.0 Å². The summed E-state index contributed by atoms with van der Waals surface area (Å²) >= 11 is 0.962. The number of hydrogen-bond donors (Lipinski definition) is 1. The Labute approximate surface area is 70.1 Å². The summed E-state index contributed by atoms with van der Waals surface area (Å²) in [6.45, 7) is 3.56. The standard InChI is InChI=1S/C8H17NSe/c1-2-3-4-8-7-10-6-5-9-8/h8-9H,2-7H2,1H3. The van der Waals surface area contributed by atoms with Crippen LogP contribution in [0, 0.1) is 0 Å². The van der Waals surface area contributed by atoms with Crippen LogP contribution in [0.2, 0.25) is 10.6 Å². The Morgan fingerprint density at radius 1 is 1.60 bits per heavy atom. The van der Waals surface area contributed by atoms with Crippen LogP contribution in [0.3, 0.4) is 0 Å². The summed E-state index contributed by atoms with van der Waals surface area (Å²) in [6.07, 6.45) is 4.18. The first-order chi connectivity index (χ1) is 4.93. The molecule has 1 heterocycles. The first-order valence-electron chi connectivity index (χ1n) is 4.24. The van der Waals surface area contributed by atoms with Crippen molar-refractivity contribution < 1.29 is 0 Å². The Kier molecular flexibility index (Phi) is 4.44. The van der Waals surface area contributed by atoms with E-state index in [-0.39, 0.29) is 0 Å². The molecule has 10 heavy (non-hydrogen) atoms. The molecule has 0 bridgehead atoms. The maximum absolute atomic E-state index is 3.57. The molecule has 1 saturated heterocycles. The van der Waals surface area contributed by atoms with Crippen LogP contribution in [0.5, 0.6) is 0 Å². The number of unbranched alkanes of at least 4 members (excludes halogenated alkanes) is 1. The van der Waals surface area contributed by atoms with E-state index < -0.39 is 0 Å². The molecule has 1 aliphatic rings. The molecule has 0 aromatic carbocycles. The molecule has 60 valence electrons. The third-order valence-electron chi connectivity index (χ3n) is 1.90. The number of nitrogens with one attached hydrogen (secondary N) is 1. The fourth-order valence-electron chi connectivity index (χ4n) is 1.26. The van der Waals surface area contributed by atoms with Crippen LogP contribution in [0.15, 0.2) is 0 Å². The zero-order valence-corrected chi connectivity index (χ0v) is 8.44. The normalized spacial score (nSPS) is 26.7. The first kappa shape index (κ1) is 8.57. The molecule has 0 amide bonds. The van der Waals surface area contributed by atoms with E-state index in [1.54, 1.807) is 0 Å². The van der Waals surface area contributed by atoms with E-state index in [2.05, 4.69) is 12.2 Å². The van der Waals surface area contributed by atoms with Crippen molar-refractivity contribution in [3.63, 3.8) is 0 Å². The second kappa shape index (κ2) is 5.17. The van der Waals surface area contributed by atoms with Gasteiger partial charge in [-0.15, -0.1) is 0 Å². The number of hydrogen-bond acceptors (Lipinski definition) is 1. The van der Waals surface area contributed by atoms with Gasteiger partial charge in [0.25, 0.3) is 0 Å². The predicted octanol–water partition coefficient (Wildman–Crippen LogP) is 1.69. The Morgan fingerprint density at radius 2 is 2.50 bits per heavy atom. The summed E-state index contributed by atoms with van der Waals surface area (Å²) in [7, 11) is 0. The third-order valence-corrected chi connectivity index (χ3v) is 4.28. The predicted molar refractivity (Wildman–Crippen MR) is 46.7 cm³/mol. The van der Waals surface area contributed by atoms with Crippen molar-refractivity contribution in [2.45, 2.75) is 42.9 Å². The van der Waals surface area contributed by atoms with E-state index in [9.17, 15) is 0 Å². The molecule has 0 aromatic rings. The van der Waals surface area contributed by atoms with E-state index in [0.717, 1.165) is 21.0 Å². The Bertz CT molecular complexity index is 79.3. The van der Waals surface area contributed by atoms with Crippen molar-refractivity contribution in [3.05, 3.63) is 0 Å². The molecule has 1 fully saturated rings. The van der Waals surface area contributed by atoms with E-state index in [1.807, 2.05) is 0 Å². The fourth-order valence-corrected chi connectivity index (χ4v) is 3.35. The van der Waals surface area contributed by atoms with E-state index >= 15 is 0 Å². The molecular formula is C8H17NSe. The van der Waals surface area contributed by atoms with Gasteiger partial charge in [0.1, 0.15) is 0 Å². The second-order valence-corrected chi connectivity index (χ2v) is 5.28. The van der Waals surface area contributed by atoms with Gasteiger partial charge < -0.3 is 0 Å². The van der Waals surface area contributed by atoms with Gasteiger partial charge in [-0.1, -0.05) is 0 Å². The van der Waals surface area contributed by atoms with E-state index in [4.69, 9.17) is 0 Å². The van der Waals surface area contributed by atoms with Crippen LogP contribution in [0.4, 0.5) is 0 Å². The van der Waals surface area contributed by atoms with Crippen molar-refractivity contribution in [2.75, 3.05) is 6.54 Å². The van der Waals surface area contributed by atoms with E-state index in [0.29, 0.717) is 0 Å². The molecule has 0 saturated carbocycles. The van der Waals surface area contributed by atoms with Crippen LogP contribution in [0.25, 0.3) is 0 Å². The molecule has 1 unspecified atom stereocenters. The Balaban J connectivity index is 2.02. The van der Waals surface area contributed by atoms with Crippen LogP contribution < -0.4 is 5.32 Å². The molecule has 1 N–H and O–H groups in total. The van der Waals surface area contributed by atoms with Gasteiger partial charge in [0, 0.05) is 0 Å². The summed E-state index contributed by atoms with van der Waals surface area (Å²) in [5, 5.41) is 6.50. The zero-order chi connectivity index (χ0) is 7.23.